The number of nitrogens with one attached hydrogen (secondary N) is 1. The fourth-order valence-corrected chi connectivity index (χ4v) is 6.70. The molecule has 0 bridgehead atoms. The summed E-state index contributed by atoms with van der Waals surface area (Å²) in [4.78, 5) is 28.9. The van der Waals surface area contributed by atoms with Gasteiger partial charge < -0.3 is 15.0 Å². The fourth-order valence-electron chi connectivity index (χ4n) is 5.11. The fraction of sp³-hybridized carbons (Fsp3) is 0.355. The highest BCUT2D eigenvalue weighted by atomic mass is 35.5. The van der Waals surface area contributed by atoms with Gasteiger partial charge in [-0.25, -0.2) is 12.8 Å². The highest BCUT2D eigenvalue weighted by Crippen LogP contribution is 2.28. The minimum absolute atomic E-state index is 0.0122. The number of nitrogens with zero attached hydrogens (tertiary/aromatic N) is 2. The van der Waals surface area contributed by atoms with Crippen molar-refractivity contribution in [1.29, 1.82) is 0 Å². The van der Waals surface area contributed by atoms with E-state index in [9.17, 15) is 22.4 Å². The van der Waals surface area contributed by atoms with Gasteiger partial charge in [0.2, 0.25) is 11.8 Å². The summed E-state index contributed by atoms with van der Waals surface area (Å²) in [5.74, 6) is -0.846. The highest BCUT2D eigenvalue weighted by molar-refractivity contribution is 7.92. The maximum absolute atomic E-state index is 14.1. The Labute approximate surface area is 251 Å². The average Bonchev–Trinajstić information content (AvgIpc) is 3.49. The van der Waals surface area contributed by atoms with E-state index in [4.69, 9.17) is 16.3 Å². The van der Waals surface area contributed by atoms with Gasteiger partial charge in [-0.05, 0) is 79.4 Å². The number of methoxy groups -OCH3 is 1. The molecule has 1 aliphatic carbocycles. The molecule has 2 amide bonds. The van der Waals surface area contributed by atoms with E-state index in [2.05, 4.69) is 5.32 Å². The molecule has 3 aromatic rings. The van der Waals surface area contributed by atoms with Crippen LogP contribution in [-0.4, -0.2) is 50.9 Å². The quantitative estimate of drug-likeness (QED) is 0.288. The van der Waals surface area contributed by atoms with Gasteiger partial charge in [-0.15, -0.1) is 0 Å². The normalized spacial score (nSPS) is 14.3. The van der Waals surface area contributed by atoms with Crippen molar-refractivity contribution in [1.82, 2.24) is 10.2 Å². The predicted octanol–water partition coefficient (Wildman–Crippen LogP) is 5.55. The Kier molecular flexibility index (Phi) is 10.5. The predicted molar refractivity (Wildman–Crippen MR) is 160 cm³/mol. The van der Waals surface area contributed by atoms with Crippen LogP contribution in [0.3, 0.4) is 0 Å². The smallest absolute Gasteiger partial charge is 0.264 e. The number of ether oxygens (including phenoxy) is 1. The van der Waals surface area contributed by atoms with Crippen molar-refractivity contribution in [3.63, 3.8) is 0 Å². The summed E-state index contributed by atoms with van der Waals surface area (Å²) < 4.78 is 47.7. The van der Waals surface area contributed by atoms with Crippen molar-refractivity contribution >= 4 is 39.1 Å². The molecular formula is C31H35ClFN3O5S. The average molecular weight is 616 g/mol. The van der Waals surface area contributed by atoms with Crippen LogP contribution in [0.1, 0.15) is 44.6 Å². The summed E-state index contributed by atoms with van der Waals surface area (Å²) in [7, 11) is -2.78. The van der Waals surface area contributed by atoms with Gasteiger partial charge in [0, 0.05) is 17.6 Å². The lowest BCUT2D eigenvalue weighted by Crippen LogP contribution is -2.53. The molecule has 0 spiro atoms. The van der Waals surface area contributed by atoms with Crippen molar-refractivity contribution in [2.75, 3.05) is 18.0 Å². The first-order valence-corrected chi connectivity index (χ1v) is 15.7. The zero-order valence-corrected chi connectivity index (χ0v) is 25.2. The molecule has 0 heterocycles. The Morgan fingerprint density at radius 2 is 1.71 bits per heavy atom. The van der Waals surface area contributed by atoms with Crippen molar-refractivity contribution in [3.05, 3.63) is 89.2 Å². The Balaban J connectivity index is 1.71. The molecule has 1 atom stereocenters. The van der Waals surface area contributed by atoms with Gasteiger partial charge in [-0.2, -0.15) is 0 Å². The first-order chi connectivity index (χ1) is 20.1. The topological polar surface area (TPSA) is 96.0 Å². The van der Waals surface area contributed by atoms with Crippen molar-refractivity contribution in [3.8, 4) is 5.75 Å². The van der Waals surface area contributed by atoms with Gasteiger partial charge >= 0.3 is 0 Å². The van der Waals surface area contributed by atoms with E-state index < -0.39 is 34.3 Å². The highest BCUT2D eigenvalue weighted by Gasteiger charge is 2.34. The second-order valence-corrected chi connectivity index (χ2v) is 12.5. The van der Waals surface area contributed by atoms with Gasteiger partial charge in [0.1, 0.15) is 24.2 Å². The number of rotatable bonds is 12. The van der Waals surface area contributed by atoms with Crippen LogP contribution in [0.5, 0.6) is 5.75 Å². The largest absolute Gasteiger partial charge is 0.497 e. The van der Waals surface area contributed by atoms with E-state index in [1.165, 1.54) is 54.5 Å². The Hall–Kier alpha value is -3.63. The molecule has 42 heavy (non-hydrogen) atoms. The van der Waals surface area contributed by atoms with Crippen molar-refractivity contribution in [2.45, 2.75) is 62.6 Å². The molecule has 3 aromatic carbocycles. The second kappa shape index (κ2) is 14.0. The molecule has 11 heteroatoms. The summed E-state index contributed by atoms with van der Waals surface area (Å²) in [5.41, 5.74) is 0.793. The molecule has 4 rings (SSSR count). The number of amides is 2. The van der Waals surface area contributed by atoms with E-state index in [1.54, 1.807) is 37.3 Å². The Morgan fingerprint density at radius 3 is 2.31 bits per heavy atom. The van der Waals surface area contributed by atoms with E-state index in [0.717, 1.165) is 30.0 Å². The summed E-state index contributed by atoms with van der Waals surface area (Å²) >= 11 is 6.22. The van der Waals surface area contributed by atoms with Crippen molar-refractivity contribution < 1.29 is 27.1 Å². The molecule has 1 unspecified atom stereocenters. The van der Waals surface area contributed by atoms with Crippen LogP contribution < -0.4 is 14.4 Å². The number of hydrogen-bond acceptors (Lipinski definition) is 5. The molecular weight excluding hydrogens is 581 g/mol. The van der Waals surface area contributed by atoms with Gasteiger partial charge in [-0.3, -0.25) is 13.9 Å². The number of sulfonamides is 1. The number of hydrogen-bond donors (Lipinski definition) is 1. The lowest BCUT2D eigenvalue weighted by atomic mass is 10.1. The van der Waals surface area contributed by atoms with E-state index >= 15 is 0 Å². The van der Waals surface area contributed by atoms with Crippen LogP contribution in [0.15, 0.2) is 77.7 Å². The molecule has 8 nitrogen and oxygen atoms in total. The minimum atomic E-state index is -4.25. The zero-order chi connectivity index (χ0) is 30.3. The van der Waals surface area contributed by atoms with Crippen LogP contribution in [0.4, 0.5) is 10.1 Å². The van der Waals surface area contributed by atoms with E-state index in [-0.39, 0.29) is 29.1 Å². The molecule has 1 fully saturated rings. The third kappa shape index (κ3) is 7.60. The lowest BCUT2D eigenvalue weighted by Gasteiger charge is -2.33. The van der Waals surface area contributed by atoms with Crippen LogP contribution in [0, 0.1) is 5.82 Å². The SMILES string of the molecule is CCC(C(=O)NC1CCCC1)N(Cc1ccc(F)cc1)C(=O)CN(c1cccc(Cl)c1)S(=O)(=O)c1ccc(OC)cc1. The third-order valence-corrected chi connectivity index (χ3v) is 9.40. The summed E-state index contributed by atoms with van der Waals surface area (Å²) in [6.45, 7) is 1.19. The molecule has 1 N–H and O–H groups in total. The van der Waals surface area contributed by atoms with Crippen LogP contribution in [0.25, 0.3) is 0 Å². The second-order valence-electron chi connectivity index (χ2n) is 10.2. The first kappa shape index (κ1) is 31.3. The number of anilines is 1. The van der Waals surface area contributed by atoms with Crippen LogP contribution in [-0.2, 0) is 26.2 Å². The van der Waals surface area contributed by atoms with Gasteiger partial charge in [0.05, 0.1) is 17.7 Å². The van der Waals surface area contributed by atoms with Crippen LogP contribution >= 0.6 is 11.6 Å². The molecule has 0 aromatic heterocycles. The summed E-state index contributed by atoms with van der Waals surface area (Å²) in [6.07, 6.45) is 4.09. The number of halogens is 2. The maximum Gasteiger partial charge on any atom is 0.264 e. The monoisotopic (exact) mass is 615 g/mol. The van der Waals surface area contributed by atoms with Crippen LogP contribution in [0.2, 0.25) is 5.02 Å². The number of carbonyl (C=O) groups excluding carboxylic acids is 2. The molecule has 1 saturated carbocycles. The molecule has 0 aliphatic heterocycles. The maximum atomic E-state index is 14.1. The molecule has 0 radical (unpaired) electrons. The minimum Gasteiger partial charge on any atom is -0.497 e. The third-order valence-electron chi connectivity index (χ3n) is 7.38. The van der Waals surface area contributed by atoms with E-state index in [0.29, 0.717) is 22.8 Å². The van der Waals surface area contributed by atoms with Gasteiger partial charge in [0.15, 0.2) is 0 Å². The van der Waals surface area contributed by atoms with E-state index in [1.807, 2.05) is 0 Å². The molecule has 1 aliphatic rings. The number of benzene rings is 3. The Bertz CT molecular complexity index is 1480. The molecule has 0 saturated heterocycles. The zero-order valence-electron chi connectivity index (χ0n) is 23.6. The first-order valence-electron chi connectivity index (χ1n) is 13.9. The van der Waals surface area contributed by atoms with Crippen molar-refractivity contribution in [2.24, 2.45) is 0 Å². The van der Waals surface area contributed by atoms with Gasteiger partial charge in [-0.1, -0.05) is 49.6 Å². The lowest BCUT2D eigenvalue weighted by molar-refractivity contribution is -0.140. The van der Waals surface area contributed by atoms with Gasteiger partial charge in [0.25, 0.3) is 10.0 Å². The summed E-state index contributed by atoms with van der Waals surface area (Å²) in [6, 6.07) is 16.9. The number of carbonyl (C=O) groups is 2. The molecule has 224 valence electrons. The standard InChI is InChI=1S/C31H35ClFN3O5S/c1-3-29(31(38)34-25-8-4-5-9-25)35(20-22-11-13-24(33)14-12-22)30(37)21-36(26-10-6-7-23(32)19-26)42(39,40)28-17-15-27(41-2)16-18-28/h6-7,10-19,25,29H,3-5,8-9,20-21H2,1-2H3,(H,34,38). The summed E-state index contributed by atoms with van der Waals surface area (Å²) in [5, 5.41) is 3.36. The Morgan fingerprint density at radius 1 is 1.05 bits per heavy atom.